The lowest BCUT2D eigenvalue weighted by atomic mass is 10.2. The molecule has 0 saturated carbocycles. The van der Waals surface area contributed by atoms with Crippen LogP contribution in [-0.2, 0) is 22.4 Å². The minimum atomic E-state index is -0.783. The molecule has 24 heavy (non-hydrogen) atoms. The van der Waals surface area contributed by atoms with Crippen molar-refractivity contribution < 1.29 is 14.3 Å². The van der Waals surface area contributed by atoms with E-state index in [0.717, 1.165) is 41.9 Å². The predicted molar refractivity (Wildman–Crippen MR) is 87.3 cm³/mol. The molecule has 2 aromatic heterocycles. The van der Waals surface area contributed by atoms with Gasteiger partial charge in [-0.3, -0.25) is 9.59 Å². The van der Waals surface area contributed by atoms with E-state index in [4.69, 9.17) is 0 Å². The first-order valence-corrected chi connectivity index (χ1v) is 8.34. The van der Waals surface area contributed by atoms with Crippen molar-refractivity contribution >= 4 is 28.3 Å². The Morgan fingerprint density at radius 2 is 2.21 bits per heavy atom. The van der Waals surface area contributed by atoms with Crippen molar-refractivity contribution in [1.29, 1.82) is 0 Å². The van der Waals surface area contributed by atoms with Gasteiger partial charge in [-0.05, 0) is 31.7 Å². The Kier molecular flexibility index (Phi) is 4.43. The zero-order valence-electron chi connectivity index (χ0n) is 13.2. The van der Waals surface area contributed by atoms with Gasteiger partial charge in [0.2, 0.25) is 0 Å². The Balaban J connectivity index is 1.77. The lowest BCUT2D eigenvalue weighted by molar-refractivity contribution is -0.119. The summed E-state index contributed by atoms with van der Waals surface area (Å²) >= 11 is 1.11. The molecule has 0 aliphatic heterocycles. The fourth-order valence-electron chi connectivity index (χ4n) is 2.54. The molecule has 0 saturated heterocycles. The number of carbonyl (C=O) groups excluding carboxylic acids is 2. The van der Waals surface area contributed by atoms with Crippen LogP contribution in [0.2, 0.25) is 0 Å². The topological polar surface area (TPSA) is 103 Å². The van der Waals surface area contributed by atoms with E-state index in [-0.39, 0.29) is 16.4 Å². The third-order valence-electron chi connectivity index (χ3n) is 3.86. The first-order valence-electron chi connectivity index (χ1n) is 7.46. The van der Waals surface area contributed by atoms with E-state index in [1.165, 1.54) is 17.2 Å². The van der Waals surface area contributed by atoms with E-state index in [9.17, 15) is 14.4 Å². The molecule has 1 aliphatic carbocycles. The fourth-order valence-corrected chi connectivity index (χ4v) is 3.23. The molecule has 1 atom stereocenters. The fraction of sp³-hybridized carbons (Fsp3) is 0.400. The van der Waals surface area contributed by atoms with Gasteiger partial charge in [0.25, 0.3) is 11.5 Å². The summed E-state index contributed by atoms with van der Waals surface area (Å²) in [6, 6.07) is 0.770. The van der Waals surface area contributed by atoms with Gasteiger partial charge in [0.05, 0.1) is 12.8 Å². The quantitative estimate of drug-likeness (QED) is 0.832. The molecular weight excluding hydrogens is 332 g/mol. The molecule has 0 bridgehead atoms. The zero-order valence-corrected chi connectivity index (χ0v) is 14.1. The van der Waals surface area contributed by atoms with Gasteiger partial charge in [0.1, 0.15) is 6.04 Å². The van der Waals surface area contributed by atoms with Gasteiger partial charge in [0.15, 0.2) is 10.8 Å². The largest absolute Gasteiger partial charge is 0.464 e. The average molecular weight is 348 g/mol. The smallest absolute Gasteiger partial charge is 0.357 e. The molecule has 0 spiro atoms. The molecule has 1 aliphatic rings. The normalized spacial score (nSPS) is 14.1. The molecular formula is C15H16N4O4S. The van der Waals surface area contributed by atoms with Gasteiger partial charge in [-0.2, -0.15) is 5.10 Å². The van der Waals surface area contributed by atoms with Crippen LogP contribution in [-0.4, -0.2) is 33.8 Å². The summed E-state index contributed by atoms with van der Waals surface area (Å²) in [4.78, 5) is 39.9. The van der Waals surface area contributed by atoms with Crippen LogP contribution in [0.3, 0.4) is 0 Å². The average Bonchev–Trinajstić information content (AvgIpc) is 3.21. The van der Waals surface area contributed by atoms with Gasteiger partial charge in [-0.25, -0.2) is 14.5 Å². The number of aromatic nitrogens is 3. The van der Waals surface area contributed by atoms with Crippen LogP contribution in [0, 0.1) is 0 Å². The monoisotopic (exact) mass is 348 g/mol. The minimum absolute atomic E-state index is 0.123. The number of aryl methyl sites for hydroxylation is 2. The molecule has 0 aromatic carbocycles. The summed E-state index contributed by atoms with van der Waals surface area (Å²) < 4.78 is 5.76. The number of nitrogens with one attached hydrogen (secondary N) is 1. The van der Waals surface area contributed by atoms with Gasteiger partial charge in [0, 0.05) is 11.4 Å². The highest BCUT2D eigenvalue weighted by Crippen LogP contribution is 2.20. The molecule has 126 valence electrons. The standard InChI is InChI=1S/C15H16N4O4S/c1-8(19-12(20)6-9-4-3-5-10(9)18-19)13(21)17-15-16-11(7-24-15)14(22)23-2/h6-8H,3-5H2,1-2H3,(H,16,17,21). The predicted octanol–water partition coefficient (Wildman–Crippen LogP) is 1.17. The first kappa shape index (κ1) is 16.3. The molecule has 1 unspecified atom stereocenters. The highest BCUT2D eigenvalue weighted by atomic mass is 32.1. The summed E-state index contributed by atoms with van der Waals surface area (Å²) in [7, 11) is 1.26. The van der Waals surface area contributed by atoms with Gasteiger partial charge in [-0.15, -0.1) is 11.3 Å². The number of methoxy groups -OCH3 is 1. The highest BCUT2D eigenvalue weighted by Gasteiger charge is 2.22. The molecule has 2 heterocycles. The number of carbonyl (C=O) groups is 2. The van der Waals surface area contributed by atoms with Gasteiger partial charge >= 0.3 is 5.97 Å². The summed E-state index contributed by atoms with van der Waals surface area (Å²) in [6.07, 6.45) is 2.65. The number of hydrogen-bond donors (Lipinski definition) is 1. The van der Waals surface area contributed by atoms with Crippen molar-refractivity contribution in [3.8, 4) is 0 Å². The third kappa shape index (κ3) is 3.07. The van der Waals surface area contributed by atoms with E-state index in [1.807, 2.05) is 0 Å². The first-order chi connectivity index (χ1) is 11.5. The SMILES string of the molecule is COC(=O)c1csc(NC(=O)C(C)n2nc3c(cc2=O)CCC3)n1. The van der Waals surface area contributed by atoms with E-state index in [2.05, 4.69) is 20.1 Å². The summed E-state index contributed by atoms with van der Waals surface area (Å²) in [6.45, 7) is 1.60. The van der Waals surface area contributed by atoms with Crippen molar-refractivity contribution in [2.75, 3.05) is 12.4 Å². The number of esters is 1. The number of amides is 1. The zero-order chi connectivity index (χ0) is 17.3. The summed E-state index contributed by atoms with van der Waals surface area (Å²) in [5.41, 5.74) is 1.66. The van der Waals surface area contributed by atoms with Crippen molar-refractivity contribution in [1.82, 2.24) is 14.8 Å². The lowest BCUT2D eigenvalue weighted by Crippen LogP contribution is -2.34. The maximum Gasteiger partial charge on any atom is 0.357 e. The maximum absolute atomic E-state index is 12.4. The van der Waals surface area contributed by atoms with E-state index in [0.29, 0.717) is 0 Å². The Bertz CT molecular complexity index is 857. The van der Waals surface area contributed by atoms with Crippen molar-refractivity contribution in [2.24, 2.45) is 0 Å². The molecule has 8 nitrogen and oxygen atoms in total. The number of hydrogen-bond acceptors (Lipinski definition) is 7. The Labute approximate surface area is 141 Å². The molecule has 3 rings (SSSR count). The van der Waals surface area contributed by atoms with Crippen LogP contribution in [0.4, 0.5) is 5.13 Å². The second-order valence-electron chi connectivity index (χ2n) is 5.45. The van der Waals surface area contributed by atoms with Crippen LogP contribution < -0.4 is 10.9 Å². The summed E-state index contributed by atoms with van der Waals surface area (Å²) in [5, 5.41) is 8.67. The van der Waals surface area contributed by atoms with Crippen molar-refractivity contribution in [2.45, 2.75) is 32.2 Å². The summed E-state index contributed by atoms with van der Waals surface area (Å²) in [5.74, 6) is -0.996. The van der Waals surface area contributed by atoms with Crippen LogP contribution in [0.1, 0.15) is 41.1 Å². The number of nitrogens with zero attached hydrogens (tertiary/aromatic N) is 3. The second-order valence-corrected chi connectivity index (χ2v) is 6.31. The minimum Gasteiger partial charge on any atom is -0.464 e. The van der Waals surface area contributed by atoms with Crippen LogP contribution in [0.5, 0.6) is 0 Å². The number of fused-ring (bicyclic) bond motifs is 1. The van der Waals surface area contributed by atoms with Crippen molar-refractivity contribution in [3.05, 3.63) is 38.8 Å². The number of rotatable bonds is 4. The third-order valence-corrected chi connectivity index (χ3v) is 4.62. The van der Waals surface area contributed by atoms with Crippen LogP contribution in [0.15, 0.2) is 16.2 Å². The van der Waals surface area contributed by atoms with Crippen LogP contribution >= 0.6 is 11.3 Å². The van der Waals surface area contributed by atoms with Crippen molar-refractivity contribution in [3.63, 3.8) is 0 Å². The van der Waals surface area contributed by atoms with E-state index < -0.39 is 17.9 Å². The number of thiazole rings is 1. The molecule has 2 aromatic rings. The van der Waals surface area contributed by atoms with Crippen LogP contribution in [0.25, 0.3) is 0 Å². The van der Waals surface area contributed by atoms with Gasteiger partial charge < -0.3 is 10.1 Å². The number of ether oxygens (including phenoxy) is 1. The molecule has 0 radical (unpaired) electrons. The van der Waals surface area contributed by atoms with E-state index in [1.54, 1.807) is 13.0 Å². The molecule has 1 amide bonds. The van der Waals surface area contributed by atoms with Gasteiger partial charge in [-0.1, -0.05) is 0 Å². The molecule has 9 heteroatoms. The lowest BCUT2D eigenvalue weighted by Gasteiger charge is -2.14. The Hall–Kier alpha value is -2.55. The molecule has 0 fully saturated rings. The second kappa shape index (κ2) is 6.52. The Morgan fingerprint density at radius 1 is 1.42 bits per heavy atom. The number of anilines is 1. The Morgan fingerprint density at radius 3 is 2.96 bits per heavy atom. The highest BCUT2D eigenvalue weighted by molar-refractivity contribution is 7.14. The van der Waals surface area contributed by atoms with E-state index >= 15 is 0 Å². The molecule has 1 N–H and O–H groups in total. The maximum atomic E-state index is 12.4.